The molecule has 0 saturated carbocycles. The van der Waals surface area contributed by atoms with Gasteiger partial charge in [0.1, 0.15) is 22.7 Å². The van der Waals surface area contributed by atoms with E-state index in [4.69, 9.17) is 16.7 Å². The fourth-order valence-electron chi connectivity index (χ4n) is 2.30. The van der Waals surface area contributed by atoms with Crippen molar-refractivity contribution in [3.63, 3.8) is 0 Å². The minimum absolute atomic E-state index is 0.0321. The number of halogens is 1. The van der Waals surface area contributed by atoms with Crippen molar-refractivity contribution in [1.29, 1.82) is 0 Å². The third kappa shape index (κ3) is 2.22. The summed E-state index contributed by atoms with van der Waals surface area (Å²) in [4.78, 5) is 24.1. The number of carbonyl (C=O) groups is 1. The standard InChI is InChI=1S/C13H12ClN3O3S/c1-6(2)11-15-16(5-10(18)19)12(20)8-3-7-4-9(14)21-13(7)17(8)11/h3-4,6H,5H2,1-2H3,(H,18,19). The number of hydrogen-bond acceptors (Lipinski definition) is 4. The van der Waals surface area contributed by atoms with E-state index in [2.05, 4.69) is 5.10 Å². The van der Waals surface area contributed by atoms with E-state index in [1.54, 1.807) is 16.5 Å². The summed E-state index contributed by atoms with van der Waals surface area (Å²) < 4.78 is 3.41. The second-order valence-electron chi connectivity index (χ2n) is 5.05. The van der Waals surface area contributed by atoms with Crippen molar-refractivity contribution in [3.8, 4) is 0 Å². The summed E-state index contributed by atoms with van der Waals surface area (Å²) in [6.07, 6.45) is 0. The van der Waals surface area contributed by atoms with Gasteiger partial charge < -0.3 is 5.11 Å². The number of rotatable bonds is 3. The number of thiophene rings is 1. The third-order valence-corrected chi connectivity index (χ3v) is 4.42. The Morgan fingerprint density at radius 2 is 2.19 bits per heavy atom. The lowest BCUT2D eigenvalue weighted by molar-refractivity contribution is -0.138. The van der Waals surface area contributed by atoms with Gasteiger partial charge in [-0.05, 0) is 12.1 Å². The zero-order valence-electron chi connectivity index (χ0n) is 11.3. The Kier molecular flexibility index (Phi) is 3.26. The highest BCUT2D eigenvalue weighted by molar-refractivity contribution is 7.22. The fraction of sp³-hybridized carbons (Fsp3) is 0.308. The smallest absolute Gasteiger partial charge is 0.325 e. The molecule has 1 N–H and O–H groups in total. The van der Waals surface area contributed by atoms with Crippen LogP contribution in [0.15, 0.2) is 16.9 Å². The molecule has 0 spiro atoms. The lowest BCUT2D eigenvalue weighted by Gasteiger charge is -2.11. The largest absolute Gasteiger partial charge is 0.480 e. The van der Waals surface area contributed by atoms with Crippen LogP contribution >= 0.6 is 22.9 Å². The highest BCUT2D eigenvalue weighted by atomic mass is 35.5. The fourth-order valence-corrected chi connectivity index (χ4v) is 3.53. The summed E-state index contributed by atoms with van der Waals surface area (Å²) in [5, 5.41) is 14.0. The van der Waals surface area contributed by atoms with Gasteiger partial charge in [0.2, 0.25) is 0 Å². The van der Waals surface area contributed by atoms with Crippen LogP contribution in [-0.2, 0) is 11.3 Å². The van der Waals surface area contributed by atoms with E-state index in [1.807, 2.05) is 13.8 Å². The average Bonchev–Trinajstić information content (AvgIpc) is 2.88. The molecule has 0 saturated heterocycles. The van der Waals surface area contributed by atoms with Crippen LogP contribution in [0, 0.1) is 0 Å². The molecule has 6 nitrogen and oxygen atoms in total. The molecule has 3 aromatic heterocycles. The second-order valence-corrected chi connectivity index (χ2v) is 6.71. The van der Waals surface area contributed by atoms with Crippen LogP contribution < -0.4 is 5.56 Å². The molecule has 0 unspecified atom stereocenters. The maximum absolute atomic E-state index is 12.4. The average molecular weight is 326 g/mol. The number of fused-ring (bicyclic) bond motifs is 3. The molecule has 0 fully saturated rings. The van der Waals surface area contributed by atoms with Crippen molar-refractivity contribution in [2.45, 2.75) is 26.3 Å². The molecule has 3 aromatic rings. The summed E-state index contributed by atoms with van der Waals surface area (Å²) in [7, 11) is 0. The Bertz CT molecular complexity index is 922. The van der Waals surface area contributed by atoms with Crippen LogP contribution in [0.3, 0.4) is 0 Å². The van der Waals surface area contributed by atoms with E-state index < -0.39 is 18.1 Å². The highest BCUT2D eigenvalue weighted by Gasteiger charge is 2.18. The molecular weight excluding hydrogens is 314 g/mol. The van der Waals surface area contributed by atoms with Gasteiger partial charge in [0.15, 0.2) is 0 Å². The first kappa shape index (κ1) is 14.1. The second kappa shape index (κ2) is 4.85. The zero-order valence-corrected chi connectivity index (χ0v) is 12.9. The molecule has 0 aliphatic heterocycles. The first-order chi connectivity index (χ1) is 9.88. The van der Waals surface area contributed by atoms with E-state index in [-0.39, 0.29) is 5.92 Å². The maximum Gasteiger partial charge on any atom is 0.325 e. The maximum atomic E-state index is 12.4. The van der Waals surface area contributed by atoms with Crippen LogP contribution in [0.2, 0.25) is 4.34 Å². The van der Waals surface area contributed by atoms with Gasteiger partial charge in [0.25, 0.3) is 5.56 Å². The summed E-state index contributed by atoms with van der Waals surface area (Å²) >= 11 is 7.39. The third-order valence-electron chi connectivity index (χ3n) is 3.15. The molecule has 0 radical (unpaired) electrons. The Labute approximate surface area is 128 Å². The predicted octanol–water partition coefficient (Wildman–Crippen LogP) is 2.57. The van der Waals surface area contributed by atoms with Gasteiger partial charge in [-0.3, -0.25) is 14.0 Å². The number of nitrogens with zero attached hydrogens (tertiary/aromatic N) is 3. The number of carboxylic acid groups (broad SMARTS) is 1. The predicted molar refractivity (Wildman–Crippen MR) is 81.6 cm³/mol. The molecule has 3 rings (SSSR count). The molecular formula is C13H12ClN3O3S. The van der Waals surface area contributed by atoms with E-state index in [1.165, 1.54) is 11.3 Å². The molecule has 0 aliphatic rings. The van der Waals surface area contributed by atoms with Gasteiger partial charge >= 0.3 is 5.97 Å². The first-order valence-corrected chi connectivity index (χ1v) is 7.51. The summed E-state index contributed by atoms with van der Waals surface area (Å²) in [6.45, 7) is 3.44. The van der Waals surface area contributed by atoms with Crippen molar-refractivity contribution in [2.75, 3.05) is 0 Å². The summed E-state index contributed by atoms with van der Waals surface area (Å²) in [5.74, 6) is -0.427. The van der Waals surface area contributed by atoms with Crippen molar-refractivity contribution >= 4 is 44.6 Å². The quantitative estimate of drug-likeness (QED) is 0.803. The molecule has 0 aliphatic carbocycles. The van der Waals surface area contributed by atoms with Crippen LogP contribution in [-0.4, -0.2) is 25.3 Å². The van der Waals surface area contributed by atoms with Crippen molar-refractivity contribution in [3.05, 3.63) is 32.6 Å². The Balaban J connectivity index is 2.44. The van der Waals surface area contributed by atoms with E-state index >= 15 is 0 Å². The van der Waals surface area contributed by atoms with Crippen LogP contribution in [0.5, 0.6) is 0 Å². The van der Waals surface area contributed by atoms with Gasteiger partial charge in [-0.1, -0.05) is 25.4 Å². The molecule has 110 valence electrons. The van der Waals surface area contributed by atoms with Gasteiger partial charge in [-0.15, -0.1) is 11.3 Å². The first-order valence-electron chi connectivity index (χ1n) is 6.31. The molecule has 0 atom stereocenters. The lowest BCUT2D eigenvalue weighted by atomic mass is 10.2. The normalized spacial score (nSPS) is 11.8. The molecule has 3 heterocycles. The molecule has 0 aromatic carbocycles. The Morgan fingerprint density at radius 3 is 2.81 bits per heavy atom. The lowest BCUT2D eigenvalue weighted by Crippen LogP contribution is -2.30. The number of hydrogen-bond donors (Lipinski definition) is 1. The molecule has 8 heteroatoms. The van der Waals surface area contributed by atoms with Crippen LogP contribution in [0.1, 0.15) is 25.6 Å². The van der Waals surface area contributed by atoms with E-state index in [9.17, 15) is 9.59 Å². The number of aromatic nitrogens is 3. The number of aliphatic carboxylic acids is 1. The SMILES string of the molecule is CC(C)c1nn(CC(=O)O)c(=O)c2cc3cc(Cl)sc3n12. The van der Waals surface area contributed by atoms with Gasteiger partial charge in [-0.2, -0.15) is 5.10 Å². The van der Waals surface area contributed by atoms with E-state index in [0.717, 1.165) is 14.9 Å². The zero-order chi connectivity index (χ0) is 15.3. The minimum Gasteiger partial charge on any atom is -0.480 e. The topological polar surface area (TPSA) is 76.6 Å². The van der Waals surface area contributed by atoms with E-state index in [0.29, 0.717) is 15.7 Å². The van der Waals surface area contributed by atoms with Crippen LogP contribution in [0.25, 0.3) is 15.7 Å². The monoisotopic (exact) mass is 325 g/mol. The summed E-state index contributed by atoms with van der Waals surface area (Å²) in [6, 6.07) is 3.52. The van der Waals surface area contributed by atoms with Crippen molar-refractivity contribution < 1.29 is 9.90 Å². The molecule has 21 heavy (non-hydrogen) atoms. The van der Waals surface area contributed by atoms with Crippen LogP contribution in [0.4, 0.5) is 0 Å². The molecule has 0 amide bonds. The minimum atomic E-state index is -1.10. The van der Waals surface area contributed by atoms with Gasteiger partial charge in [0, 0.05) is 11.3 Å². The summed E-state index contributed by atoms with van der Waals surface area (Å²) in [5.41, 5.74) is 0.00851. The highest BCUT2D eigenvalue weighted by Crippen LogP contribution is 2.32. The Morgan fingerprint density at radius 1 is 1.48 bits per heavy atom. The molecule has 0 bridgehead atoms. The Hall–Kier alpha value is -1.86. The van der Waals surface area contributed by atoms with Gasteiger partial charge in [-0.25, -0.2) is 4.68 Å². The van der Waals surface area contributed by atoms with Crippen molar-refractivity contribution in [2.24, 2.45) is 0 Å². The van der Waals surface area contributed by atoms with Gasteiger partial charge in [0.05, 0.1) is 4.34 Å². The number of carboxylic acids is 1. The van der Waals surface area contributed by atoms with Crippen molar-refractivity contribution in [1.82, 2.24) is 14.2 Å².